The predicted molar refractivity (Wildman–Crippen MR) is 78.7 cm³/mol. The highest BCUT2D eigenvalue weighted by Crippen LogP contribution is 2.43. The number of hydrogen-bond donors (Lipinski definition) is 0. The van der Waals surface area contributed by atoms with Crippen molar-refractivity contribution in [3.63, 3.8) is 0 Å². The number of hydrogen-bond acceptors (Lipinski definition) is 3. The second kappa shape index (κ2) is 4.48. The van der Waals surface area contributed by atoms with Gasteiger partial charge in [0.05, 0.1) is 10.3 Å². The van der Waals surface area contributed by atoms with E-state index >= 15 is 0 Å². The van der Waals surface area contributed by atoms with E-state index in [0.29, 0.717) is 5.39 Å². The maximum absolute atomic E-state index is 11.3. The van der Waals surface area contributed by atoms with Gasteiger partial charge in [-0.3, -0.25) is 10.1 Å². The number of rotatable bonds is 2. The van der Waals surface area contributed by atoms with Crippen molar-refractivity contribution in [2.24, 2.45) is 0 Å². The molecular weight excluding hydrogens is 258 g/mol. The first-order chi connectivity index (χ1) is 9.16. The van der Waals surface area contributed by atoms with Gasteiger partial charge in [-0.25, -0.2) is 0 Å². The van der Waals surface area contributed by atoms with E-state index in [0.717, 1.165) is 20.7 Å². The molecule has 0 atom stereocenters. The summed E-state index contributed by atoms with van der Waals surface area (Å²) in [4.78, 5) is 11.8. The Morgan fingerprint density at radius 3 is 2.42 bits per heavy atom. The molecule has 3 nitrogen and oxygen atoms in total. The molecule has 4 heteroatoms. The first-order valence-corrected chi connectivity index (χ1v) is 6.71. The largest absolute Gasteiger partial charge is 0.295 e. The lowest BCUT2D eigenvalue weighted by Gasteiger charge is -1.98. The summed E-state index contributed by atoms with van der Waals surface area (Å²) in [5.41, 5.74) is 2.26. The SMILES string of the molecule is Cc1ccc(-c2sc3ccccc3c2[N+](=O)[O-])cc1. The summed E-state index contributed by atoms with van der Waals surface area (Å²) in [6, 6.07) is 15.3. The molecule has 3 aromatic rings. The molecule has 0 aliphatic rings. The van der Waals surface area contributed by atoms with Gasteiger partial charge in [0.25, 0.3) is 5.69 Å². The summed E-state index contributed by atoms with van der Waals surface area (Å²) in [6.07, 6.45) is 0. The van der Waals surface area contributed by atoms with Gasteiger partial charge in [0.2, 0.25) is 0 Å². The highest BCUT2D eigenvalue weighted by atomic mass is 32.1. The van der Waals surface area contributed by atoms with Gasteiger partial charge < -0.3 is 0 Å². The third kappa shape index (κ3) is 2.00. The zero-order chi connectivity index (χ0) is 13.4. The van der Waals surface area contributed by atoms with E-state index in [1.54, 1.807) is 0 Å². The lowest BCUT2D eigenvalue weighted by atomic mass is 10.1. The Morgan fingerprint density at radius 1 is 1.05 bits per heavy atom. The molecule has 1 heterocycles. The highest BCUT2D eigenvalue weighted by Gasteiger charge is 2.22. The zero-order valence-electron chi connectivity index (χ0n) is 10.3. The molecule has 0 aliphatic heterocycles. The first-order valence-electron chi connectivity index (χ1n) is 5.90. The van der Waals surface area contributed by atoms with Crippen molar-refractivity contribution < 1.29 is 4.92 Å². The van der Waals surface area contributed by atoms with Gasteiger partial charge in [0.15, 0.2) is 0 Å². The minimum Gasteiger partial charge on any atom is -0.258 e. The molecular formula is C15H11NO2S. The second-order valence-corrected chi connectivity index (χ2v) is 5.45. The molecule has 0 N–H and O–H groups in total. The minimum atomic E-state index is -0.284. The quantitative estimate of drug-likeness (QED) is 0.496. The predicted octanol–water partition coefficient (Wildman–Crippen LogP) is 4.78. The third-order valence-corrected chi connectivity index (χ3v) is 4.27. The van der Waals surface area contributed by atoms with E-state index in [1.807, 2.05) is 55.5 Å². The Balaban J connectivity index is 2.31. The van der Waals surface area contributed by atoms with Crippen LogP contribution in [0.15, 0.2) is 48.5 Å². The average Bonchev–Trinajstić information content (AvgIpc) is 2.78. The number of nitro groups is 1. The maximum Gasteiger partial charge on any atom is 0.295 e. The molecule has 94 valence electrons. The number of benzene rings is 2. The Bertz CT molecular complexity index is 759. The fourth-order valence-electron chi connectivity index (χ4n) is 2.11. The van der Waals surface area contributed by atoms with Crippen LogP contribution in [0.1, 0.15) is 5.56 Å². The molecule has 0 aliphatic carbocycles. The van der Waals surface area contributed by atoms with Crippen LogP contribution < -0.4 is 0 Å². The second-order valence-electron chi connectivity index (χ2n) is 4.40. The number of aryl methyl sites for hydroxylation is 1. The van der Waals surface area contributed by atoms with E-state index < -0.39 is 0 Å². The Labute approximate surface area is 114 Å². The van der Waals surface area contributed by atoms with Crippen LogP contribution in [0.5, 0.6) is 0 Å². The van der Waals surface area contributed by atoms with Gasteiger partial charge in [-0.2, -0.15) is 0 Å². The van der Waals surface area contributed by atoms with Gasteiger partial charge in [0.1, 0.15) is 4.88 Å². The van der Waals surface area contributed by atoms with E-state index in [4.69, 9.17) is 0 Å². The summed E-state index contributed by atoms with van der Waals surface area (Å²) in [5, 5.41) is 12.1. The van der Waals surface area contributed by atoms with Crippen LogP contribution in [-0.2, 0) is 0 Å². The Kier molecular flexibility index (Phi) is 2.80. The molecule has 0 bridgehead atoms. The number of nitrogens with zero attached hydrogens (tertiary/aromatic N) is 1. The van der Waals surface area contributed by atoms with Crippen molar-refractivity contribution in [2.45, 2.75) is 6.92 Å². The topological polar surface area (TPSA) is 43.1 Å². The monoisotopic (exact) mass is 269 g/mol. The molecule has 0 unspecified atom stereocenters. The van der Waals surface area contributed by atoms with Gasteiger partial charge >= 0.3 is 0 Å². The maximum atomic E-state index is 11.3. The molecule has 0 radical (unpaired) electrons. The fourth-order valence-corrected chi connectivity index (χ4v) is 3.29. The van der Waals surface area contributed by atoms with Crippen LogP contribution in [0.3, 0.4) is 0 Å². The lowest BCUT2D eigenvalue weighted by molar-refractivity contribution is -0.382. The van der Waals surface area contributed by atoms with Crippen molar-refractivity contribution in [2.75, 3.05) is 0 Å². The van der Waals surface area contributed by atoms with E-state index in [1.165, 1.54) is 11.3 Å². The standard InChI is InChI=1S/C15H11NO2S/c1-10-6-8-11(9-7-10)15-14(16(17)18)12-4-2-3-5-13(12)19-15/h2-9H,1H3. The average molecular weight is 269 g/mol. The Morgan fingerprint density at radius 2 is 1.74 bits per heavy atom. The van der Waals surface area contributed by atoms with Crippen LogP contribution in [0, 0.1) is 17.0 Å². The third-order valence-electron chi connectivity index (χ3n) is 3.07. The molecule has 3 rings (SSSR count). The molecule has 0 amide bonds. The van der Waals surface area contributed by atoms with Gasteiger partial charge in [0, 0.05) is 4.70 Å². The lowest BCUT2D eigenvalue weighted by Crippen LogP contribution is -1.88. The van der Waals surface area contributed by atoms with Gasteiger partial charge in [-0.15, -0.1) is 11.3 Å². The van der Waals surface area contributed by atoms with Crippen molar-refractivity contribution in [1.82, 2.24) is 0 Å². The van der Waals surface area contributed by atoms with Crippen LogP contribution in [-0.4, -0.2) is 4.92 Å². The minimum absolute atomic E-state index is 0.212. The van der Waals surface area contributed by atoms with Crippen LogP contribution in [0.4, 0.5) is 5.69 Å². The molecule has 1 aromatic heterocycles. The van der Waals surface area contributed by atoms with Crippen molar-refractivity contribution in [3.05, 3.63) is 64.2 Å². The smallest absolute Gasteiger partial charge is 0.258 e. The zero-order valence-corrected chi connectivity index (χ0v) is 11.1. The summed E-state index contributed by atoms with van der Waals surface area (Å²) in [5.74, 6) is 0. The highest BCUT2D eigenvalue weighted by molar-refractivity contribution is 7.23. The van der Waals surface area contributed by atoms with Gasteiger partial charge in [-0.05, 0) is 24.6 Å². The van der Waals surface area contributed by atoms with Crippen LogP contribution in [0.2, 0.25) is 0 Å². The van der Waals surface area contributed by atoms with Gasteiger partial charge in [-0.1, -0.05) is 42.0 Å². The Hall–Kier alpha value is -2.20. The van der Waals surface area contributed by atoms with E-state index in [9.17, 15) is 10.1 Å². The molecule has 19 heavy (non-hydrogen) atoms. The number of fused-ring (bicyclic) bond motifs is 1. The molecule has 0 saturated carbocycles. The number of thiophene rings is 1. The van der Waals surface area contributed by atoms with Crippen LogP contribution in [0.25, 0.3) is 20.5 Å². The van der Waals surface area contributed by atoms with Crippen LogP contribution >= 0.6 is 11.3 Å². The van der Waals surface area contributed by atoms with Crippen molar-refractivity contribution >= 4 is 27.1 Å². The fraction of sp³-hybridized carbons (Fsp3) is 0.0667. The summed E-state index contributed by atoms with van der Waals surface area (Å²) in [6.45, 7) is 2.00. The normalized spacial score (nSPS) is 10.8. The molecule has 2 aromatic carbocycles. The summed E-state index contributed by atoms with van der Waals surface area (Å²) in [7, 11) is 0. The molecule has 0 spiro atoms. The van der Waals surface area contributed by atoms with Crippen molar-refractivity contribution in [3.8, 4) is 10.4 Å². The van der Waals surface area contributed by atoms with E-state index in [2.05, 4.69) is 0 Å². The molecule has 0 saturated heterocycles. The summed E-state index contributed by atoms with van der Waals surface area (Å²) < 4.78 is 0.949. The summed E-state index contributed by atoms with van der Waals surface area (Å²) >= 11 is 1.47. The molecule has 0 fully saturated rings. The first kappa shape index (κ1) is 11.9. The van der Waals surface area contributed by atoms with E-state index in [-0.39, 0.29) is 10.6 Å². The van der Waals surface area contributed by atoms with Crippen molar-refractivity contribution in [1.29, 1.82) is 0 Å².